The molecule has 0 saturated heterocycles. The molecule has 1 N–H and O–H groups in total. The topological polar surface area (TPSA) is 46.2 Å². The standard InChI is InChI=1S/C11H15Cl2NO2S/c1-4-5-14-17(15,16)11-8(3)9(12)6-7(2)10(11)13/h6,14H,4-5H2,1-3H3. The van der Waals surface area contributed by atoms with E-state index in [1.54, 1.807) is 19.9 Å². The van der Waals surface area contributed by atoms with Crippen LogP contribution in [0.4, 0.5) is 0 Å². The van der Waals surface area contributed by atoms with E-state index in [0.717, 1.165) is 6.42 Å². The van der Waals surface area contributed by atoms with Gasteiger partial charge in [0.25, 0.3) is 0 Å². The van der Waals surface area contributed by atoms with Crippen molar-refractivity contribution in [2.24, 2.45) is 0 Å². The normalized spacial score (nSPS) is 11.8. The van der Waals surface area contributed by atoms with Crippen molar-refractivity contribution >= 4 is 33.2 Å². The van der Waals surface area contributed by atoms with Gasteiger partial charge in [0.15, 0.2) is 0 Å². The molecule has 0 unspecified atom stereocenters. The Balaban J connectivity index is 3.40. The van der Waals surface area contributed by atoms with Gasteiger partial charge in [0.1, 0.15) is 4.90 Å². The van der Waals surface area contributed by atoms with Gasteiger partial charge >= 0.3 is 0 Å². The van der Waals surface area contributed by atoms with Crippen LogP contribution in [-0.2, 0) is 10.0 Å². The molecule has 0 aliphatic heterocycles. The van der Waals surface area contributed by atoms with Crippen LogP contribution in [0, 0.1) is 13.8 Å². The van der Waals surface area contributed by atoms with Crippen molar-refractivity contribution in [1.82, 2.24) is 4.72 Å². The molecule has 1 rings (SSSR count). The maximum atomic E-state index is 12.1. The van der Waals surface area contributed by atoms with E-state index < -0.39 is 10.0 Å². The van der Waals surface area contributed by atoms with Crippen LogP contribution in [0.15, 0.2) is 11.0 Å². The van der Waals surface area contributed by atoms with Crippen LogP contribution in [-0.4, -0.2) is 15.0 Å². The Bertz CT molecular complexity index is 501. The minimum absolute atomic E-state index is 0.0811. The van der Waals surface area contributed by atoms with Gasteiger partial charge in [0.05, 0.1) is 5.02 Å². The molecular weight excluding hydrogens is 281 g/mol. The Hall–Kier alpha value is -0.290. The van der Waals surface area contributed by atoms with Crippen molar-refractivity contribution in [3.8, 4) is 0 Å². The quantitative estimate of drug-likeness (QED) is 0.926. The second-order valence-electron chi connectivity index (χ2n) is 3.84. The SMILES string of the molecule is CCCNS(=O)(=O)c1c(C)c(Cl)cc(C)c1Cl. The zero-order chi connectivity index (χ0) is 13.2. The van der Waals surface area contributed by atoms with Crippen LogP contribution in [0.5, 0.6) is 0 Å². The lowest BCUT2D eigenvalue weighted by Crippen LogP contribution is -2.25. The number of halogens is 2. The van der Waals surface area contributed by atoms with E-state index >= 15 is 0 Å². The van der Waals surface area contributed by atoms with Gasteiger partial charge in [-0.2, -0.15) is 0 Å². The summed E-state index contributed by atoms with van der Waals surface area (Å²) >= 11 is 12.0. The highest BCUT2D eigenvalue weighted by Crippen LogP contribution is 2.33. The first kappa shape index (κ1) is 14.8. The van der Waals surface area contributed by atoms with Crippen molar-refractivity contribution in [3.05, 3.63) is 27.2 Å². The predicted molar refractivity (Wildman–Crippen MR) is 71.4 cm³/mol. The van der Waals surface area contributed by atoms with E-state index in [4.69, 9.17) is 23.2 Å². The van der Waals surface area contributed by atoms with Gasteiger partial charge in [0.2, 0.25) is 10.0 Å². The van der Waals surface area contributed by atoms with Crippen molar-refractivity contribution in [3.63, 3.8) is 0 Å². The predicted octanol–water partition coefficient (Wildman–Crippen LogP) is 3.30. The number of hydrogen-bond donors (Lipinski definition) is 1. The fraction of sp³-hybridized carbons (Fsp3) is 0.455. The van der Waals surface area contributed by atoms with Gasteiger partial charge in [0, 0.05) is 11.6 Å². The second kappa shape index (κ2) is 5.57. The van der Waals surface area contributed by atoms with Gasteiger partial charge in [-0.25, -0.2) is 13.1 Å². The molecule has 0 fully saturated rings. The Morgan fingerprint density at radius 3 is 2.41 bits per heavy atom. The molecule has 0 aromatic heterocycles. The summed E-state index contributed by atoms with van der Waals surface area (Å²) in [5, 5.41) is 0.638. The van der Waals surface area contributed by atoms with Crippen LogP contribution in [0.25, 0.3) is 0 Å². The average molecular weight is 296 g/mol. The molecule has 0 aliphatic carbocycles. The molecule has 6 heteroatoms. The minimum atomic E-state index is -3.60. The monoisotopic (exact) mass is 295 g/mol. The third-order valence-electron chi connectivity index (χ3n) is 2.40. The fourth-order valence-electron chi connectivity index (χ4n) is 1.44. The Morgan fingerprint density at radius 1 is 1.29 bits per heavy atom. The van der Waals surface area contributed by atoms with Gasteiger partial charge in [-0.3, -0.25) is 0 Å². The van der Waals surface area contributed by atoms with E-state index in [-0.39, 0.29) is 9.92 Å². The van der Waals surface area contributed by atoms with E-state index in [0.29, 0.717) is 22.7 Å². The number of rotatable bonds is 4. The molecule has 0 spiro atoms. The Labute approximate surface area is 112 Å². The van der Waals surface area contributed by atoms with Gasteiger partial charge < -0.3 is 0 Å². The molecule has 1 aromatic rings. The lowest BCUT2D eigenvalue weighted by Gasteiger charge is -2.13. The molecule has 3 nitrogen and oxygen atoms in total. The van der Waals surface area contributed by atoms with E-state index in [2.05, 4.69) is 4.72 Å². The highest BCUT2D eigenvalue weighted by Gasteiger charge is 2.23. The molecule has 0 amide bonds. The van der Waals surface area contributed by atoms with Crippen molar-refractivity contribution in [2.75, 3.05) is 6.54 Å². The summed E-state index contributed by atoms with van der Waals surface area (Å²) < 4.78 is 26.7. The largest absolute Gasteiger partial charge is 0.242 e. The zero-order valence-corrected chi connectivity index (χ0v) is 12.3. The van der Waals surface area contributed by atoms with Crippen LogP contribution in [0.3, 0.4) is 0 Å². The Kier molecular flexibility index (Phi) is 4.84. The van der Waals surface area contributed by atoms with E-state index in [1.165, 1.54) is 0 Å². The first-order valence-corrected chi connectivity index (χ1v) is 7.50. The maximum absolute atomic E-state index is 12.1. The van der Waals surface area contributed by atoms with Crippen LogP contribution in [0.2, 0.25) is 10.0 Å². The Morgan fingerprint density at radius 2 is 1.88 bits per heavy atom. The molecule has 0 saturated carbocycles. The summed E-state index contributed by atoms with van der Waals surface area (Å²) in [6.45, 7) is 5.64. The number of benzene rings is 1. The third kappa shape index (κ3) is 3.13. The summed E-state index contributed by atoms with van der Waals surface area (Å²) in [7, 11) is -3.60. The smallest absolute Gasteiger partial charge is 0.211 e. The van der Waals surface area contributed by atoms with Gasteiger partial charge in [-0.15, -0.1) is 0 Å². The summed E-state index contributed by atoms with van der Waals surface area (Å²) in [5.41, 5.74) is 1.13. The fourth-order valence-corrected chi connectivity index (χ4v) is 3.78. The molecular formula is C11H15Cl2NO2S. The molecule has 1 aromatic carbocycles. The minimum Gasteiger partial charge on any atom is -0.211 e. The summed E-state index contributed by atoms with van der Waals surface area (Å²) in [6, 6.07) is 1.66. The molecule has 0 bridgehead atoms. The van der Waals surface area contributed by atoms with Gasteiger partial charge in [-0.1, -0.05) is 30.1 Å². The van der Waals surface area contributed by atoms with Crippen molar-refractivity contribution in [2.45, 2.75) is 32.1 Å². The maximum Gasteiger partial charge on any atom is 0.242 e. The van der Waals surface area contributed by atoms with Crippen LogP contribution < -0.4 is 4.72 Å². The van der Waals surface area contributed by atoms with Crippen LogP contribution in [0.1, 0.15) is 24.5 Å². The number of hydrogen-bond acceptors (Lipinski definition) is 2. The average Bonchev–Trinajstić information content (AvgIpc) is 2.24. The third-order valence-corrected chi connectivity index (χ3v) is 5.02. The second-order valence-corrected chi connectivity index (χ2v) is 6.33. The molecule has 96 valence electrons. The lowest BCUT2D eigenvalue weighted by molar-refractivity contribution is 0.580. The first-order valence-electron chi connectivity index (χ1n) is 5.26. The first-order chi connectivity index (χ1) is 7.81. The summed E-state index contributed by atoms with van der Waals surface area (Å²) in [5.74, 6) is 0. The summed E-state index contributed by atoms with van der Waals surface area (Å²) in [6.07, 6.45) is 0.718. The molecule has 0 radical (unpaired) electrons. The molecule has 0 atom stereocenters. The number of nitrogens with one attached hydrogen (secondary N) is 1. The number of aryl methyl sites for hydroxylation is 1. The molecule has 0 aliphatic rings. The van der Waals surface area contributed by atoms with Crippen LogP contribution >= 0.6 is 23.2 Å². The molecule has 17 heavy (non-hydrogen) atoms. The highest BCUT2D eigenvalue weighted by atomic mass is 35.5. The highest BCUT2D eigenvalue weighted by molar-refractivity contribution is 7.89. The van der Waals surface area contributed by atoms with E-state index in [1.807, 2.05) is 6.92 Å². The van der Waals surface area contributed by atoms with Crippen molar-refractivity contribution in [1.29, 1.82) is 0 Å². The lowest BCUT2D eigenvalue weighted by atomic mass is 10.2. The van der Waals surface area contributed by atoms with E-state index in [9.17, 15) is 8.42 Å². The summed E-state index contributed by atoms with van der Waals surface area (Å²) in [4.78, 5) is 0.0811. The van der Waals surface area contributed by atoms with Crippen molar-refractivity contribution < 1.29 is 8.42 Å². The number of sulfonamides is 1. The van der Waals surface area contributed by atoms with Gasteiger partial charge in [-0.05, 0) is 37.5 Å². The zero-order valence-electron chi connectivity index (χ0n) is 9.97. The molecule has 0 heterocycles.